The number of halogens is 2. The summed E-state index contributed by atoms with van der Waals surface area (Å²) in [5.41, 5.74) is 0.820. The molecule has 1 unspecified atom stereocenters. The summed E-state index contributed by atoms with van der Waals surface area (Å²) in [4.78, 5) is 20.1. The number of β-lactam (4-membered cyclic amide) rings is 1. The molecule has 0 aromatic heterocycles. The van der Waals surface area contributed by atoms with Crippen molar-refractivity contribution in [3.05, 3.63) is 39.4 Å². The molecule has 2 fully saturated rings. The van der Waals surface area contributed by atoms with E-state index in [1.165, 1.54) is 0 Å². The number of amides is 1. The van der Waals surface area contributed by atoms with Crippen molar-refractivity contribution >= 4 is 73.8 Å². The first kappa shape index (κ1) is 24.5. The topological polar surface area (TPSA) is 41.9 Å². The van der Waals surface area contributed by atoms with Gasteiger partial charge in [-0.25, -0.2) is 0 Å². The van der Waals surface area contributed by atoms with Crippen LogP contribution in [0.5, 0.6) is 0 Å². The summed E-state index contributed by atoms with van der Waals surface area (Å²) in [6, 6.07) is 7.49. The van der Waals surface area contributed by atoms with E-state index in [0.29, 0.717) is 5.02 Å². The van der Waals surface area contributed by atoms with E-state index in [1.807, 2.05) is 29.2 Å². The molecule has 3 rings (SSSR count). The number of hydrogen-bond donors (Lipinski definition) is 0. The van der Waals surface area contributed by atoms with Crippen molar-refractivity contribution in [3.63, 3.8) is 0 Å². The normalized spacial score (nSPS) is 29.0. The molecule has 164 valence electrons. The summed E-state index contributed by atoms with van der Waals surface area (Å²) in [6.45, 7) is 19.7. The summed E-state index contributed by atoms with van der Waals surface area (Å²) >= 11 is 8.33. The summed E-state index contributed by atoms with van der Waals surface area (Å²) < 4.78 is 8.42. The van der Waals surface area contributed by atoms with E-state index >= 15 is 0 Å². The molecule has 2 saturated heterocycles. The Hall–Kier alpha value is -0.184. The van der Waals surface area contributed by atoms with Gasteiger partial charge in [-0.3, -0.25) is 0 Å². The second-order valence-electron chi connectivity index (χ2n) is 9.75. The fourth-order valence-electron chi connectivity index (χ4n) is 3.70. The summed E-state index contributed by atoms with van der Waals surface area (Å²) in [7, 11) is -1.98. The second kappa shape index (κ2) is 8.30. The molecule has 8 heteroatoms. The van der Waals surface area contributed by atoms with Crippen LogP contribution in [-0.4, -0.2) is 51.0 Å². The van der Waals surface area contributed by atoms with E-state index in [-0.39, 0.29) is 48.3 Å². The molecule has 0 aliphatic carbocycles. The molecule has 0 spiro atoms. The number of fused-ring (bicyclic) bond motifs is 1. The van der Waals surface area contributed by atoms with E-state index < -0.39 is 8.32 Å². The van der Waals surface area contributed by atoms with Crippen molar-refractivity contribution in [3.8, 4) is 0 Å². The number of benzene rings is 1. The van der Waals surface area contributed by atoms with Gasteiger partial charge >= 0.3 is 207 Å². The number of nitrogens with zero attached hydrogens (tertiary/aromatic N) is 2. The van der Waals surface area contributed by atoms with Gasteiger partial charge < -0.3 is 0 Å². The fraction of sp³-hybridized carbons (Fsp3) is 0.545. The number of hydrogen-bond acceptors (Lipinski definition) is 3. The van der Waals surface area contributed by atoms with Crippen LogP contribution in [0.3, 0.4) is 0 Å². The minimum absolute atomic E-state index is 0.00329. The predicted octanol–water partition coefficient (Wildman–Crippen LogP) is 6.41. The molecular formula is C22H30ClIN2O2SeSi. The van der Waals surface area contributed by atoms with Gasteiger partial charge in [0.2, 0.25) is 0 Å². The number of carbonyl (C=O) groups is 1. The molecule has 2 heterocycles. The minimum atomic E-state index is -1.98. The van der Waals surface area contributed by atoms with E-state index in [4.69, 9.17) is 21.0 Å². The Morgan fingerprint density at radius 2 is 1.93 bits per heavy atom. The number of amidine groups is 1. The molecular weight excluding hydrogens is 594 g/mol. The molecule has 1 aromatic carbocycles. The maximum absolute atomic E-state index is 13.3. The van der Waals surface area contributed by atoms with Gasteiger partial charge in [0.05, 0.1) is 0 Å². The van der Waals surface area contributed by atoms with Crippen LogP contribution in [0.2, 0.25) is 27.5 Å². The van der Waals surface area contributed by atoms with Crippen molar-refractivity contribution in [2.75, 3.05) is 0 Å². The molecule has 30 heavy (non-hydrogen) atoms. The van der Waals surface area contributed by atoms with Crippen molar-refractivity contribution in [2.24, 2.45) is 10.9 Å². The average molecular weight is 624 g/mol. The standard InChI is InChI=1S/C22H30ClIN2O2SeSi/c1-13(28-30(7,8)21(3,4)5)17-18-22(6,14(2)24)29-20(26(18)19(17)27)25-16-11-9-15(23)10-12-16/h9-13,17-18H,2H2,1,3-8H3/t13-,17-,18+,22?/m1/s1. The molecule has 0 N–H and O–H groups in total. The summed E-state index contributed by atoms with van der Waals surface area (Å²) in [6.07, 6.45) is -0.125. The van der Waals surface area contributed by atoms with E-state index in [1.54, 1.807) is 0 Å². The predicted molar refractivity (Wildman–Crippen MR) is 138 cm³/mol. The van der Waals surface area contributed by atoms with Crippen LogP contribution in [-0.2, 0) is 9.22 Å². The van der Waals surface area contributed by atoms with Gasteiger partial charge in [0.25, 0.3) is 0 Å². The molecule has 4 atom stereocenters. The Kier molecular flexibility index (Phi) is 6.77. The van der Waals surface area contributed by atoms with Crippen molar-refractivity contribution in [1.29, 1.82) is 0 Å². The van der Waals surface area contributed by atoms with Gasteiger partial charge in [-0.2, -0.15) is 0 Å². The Morgan fingerprint density at radius 1 is 1.37 bits per heavy atom. The maximum atomic E-state index is 13.3. The van der Waals surface area contributed by atoms with E-state index in [2.05, 4.69) is 76.9 Å². The van der Waals surface area contributed by atoms with Crippen LogP contribution in [0, 0.1) is 5.92 Å². The van der Waals surface area contributed by atoms with Gasteiger partial charge in [-0.1, -0.05) is 0 Å². The third-order valence-corrected chi connectivity index (χ3v) is 16.3. The molecule has 0 saturated carbocycles. The quantitative estimate of drug-likeness (QED) is 0.216. The van der Waals surface area contributed by atoms with Gasteiger partial charge in [0.15, 0.2) is 0 Å². The van der Waals surface area contributed by atoms with Crippen molar-refractivity contribution in [2.45, 2.75) is 69.2 Å². The van der Waals surface area contributed by atoms with E-state index in [9.17, 15) is 4.79 Å². The van der Waals surface area contributed by atoms with Crippen LogP contribution in [0.4, 0.5) is 5.69 Å². The Labute approximate surface area is 206 Å². The Morgan fingerprint density at radius 3 is 2.43 bits per heavy atom. The van der Waals surface area contributed by atoms with Crippen LogP contribution < -0.4 is 0 Å². The first-order valence-electron chi connectivity index (χ1n) is 10.1. The van der Waals surface area contributed by atoms with Crippen molar-refractivity contribution in [1.82, 2.24) is 4.90 Å². The zero-order valence-electron chi connectivity index (χ0n) is 18.6. The van der Waals surface area contributed by atoms with E-state index in [0.717, 1.165) is 14.0 Å². The van der Waals surface area contributed by atoms with Crippen LogP contribution in [0.1, 0.15) is 34.6 Å². The molecule has 0 bridgehead atoms. The number of rotatable bonds is 5. The molecule has 1 amide bonds. The fourth-order valence-corrected chi connectivity index (χ4v) is 8.91. The Balaban J connectivity index is 1.92. The first-order valence-corrected chi connectivity index (χ1v) is 16.2. The average Bonchev–Trinajstić information content (AvgIpc) is 2.84. The third-order valence-electron chi connectivity index (χ3n) is 6.60. The third kappa shape index (κ3) is 4.22. The second-order valence-corrected chi connectivity index (χ2v) is 19.2. The summed E-state index contributed by atoms with van der Waals surface area (Å²) in [5, 5.41) is 0.779. The van der Waals surface area contributed by atoms with Crippen LogP contribution in [0.15, 0.2) is 39.4 Å². The Bertz CT molecular complexity index is 899. The molecule has 2 aliphatic heterocycles. The molecule has 1 aromatic rings. The summed E-state index contributed by atoms with van der Waals surface area (Å²) in [5.74, 6) is -0.0300. The van der Waals surface area contributed by atoms with Crippen LogP contribution >= 0.6 is 34.2 Å². The number of carbonyl (C=O) groups excluding carboxylic acids is 1. The van der Waals surface area contributed by atoms with Crippen molar-refractivity contribution < 1.29 is 9.22 Å². The van der Waals surface area contributed by atoms with Gasteiger partial charge in [-0.05, 0) is 0 Å². The van der Waals surface area contributed by atoms with Gasteiger partial charge in [0, 0.05) is 0 Å². The SMILES string of the molecule is C=C(I)C1(C)[Se]C(=Nc2ccc(Cl)cc2)N2C(=O)[C@H]([C@@H](C)O[Si](C)(C)C(C)(C)C)[C@H]21. The zero-order valence-corrected chi connectivity index (χ0v) is 24.3. The number of aliphatic imine (C=N–C) groups is 1. The van der Waals surface area contributed by atoms with Gasteiger partial charge in [0.1, 0.15) is 0 Å². The van der Waals surface area contributed by atoms with Gasteiger partial charge in [-0.15, -0.1) is 0 Å². The zero-order chi connectivity index (χ0) is 22.6. The monoisotopic (exact) mass is 624 g/mol. The van der Waals surface area contributed by atoms with Crippen LogP contribution in [0.25, 0.3) is 0 Å². The molecule has 4 nitrogen and oxygen atoms in total. The molecule has 2 aliphatic rings. The molecule has 0 radical (unpaired) electrons. The first-order chi connectivity index (χ1) is 13.7.